The summed E-state index contributed by atoms with van der Waals surface area (Å²) in [6.07, 6.45) is 5.34. The van der Waals surface area contributed by atoms with Crippen LogP contribution < -0.4 is 15.0 Å². The first-order valence-corrected chi connectivity index (χ1v) is 18.6. The predicted octanol–water partition coefficient (Wildman–Crippen LogP) is 6.06. The molecule has 2 aliphatic heterocycles. The fourth-order valence-electron chi connectivity index (χ4n) is 10.0. The second kappa shape index (κ2) is 13.2. The van der Waals surface area contributed by atoms with Crippen LogP contribution in [0.2, 0.25) is 0 Å². The molecule has 16 heteroatoms. The summed E-state index contributed by atoms with van der Waals surface area (Å²) in [6.45, 7) is 2.18. The number of aromatic nitrogens is 5. The molecule has 10 rings (SSSR count). The Kier molecular flexibility index (Phi) is 8.50. The maximum Gasteiger partial charge on any atom is 0.434 e. The number of benzene rings is 1. The predicted molar refractivity (Wildman–Crippen MR) is 185 cm³/mol. The van der Waals surface area contributed by atoms with Crippen molar-refractivity contribution in [2.24, 2.45) is 23.7 Å². The van der Waals surface area contributed by atoms with Gasteiger partial charge in [-0.15, -0.1) is 0 Å². The lowest BCUT2D eigenvalue weighted by Crippen LogP contribution is -2.70. The van der Waals surface area contributed by atoms with Crippen LogP contribution in [0, 0.1) is 29.5 Å². The Bertz CT molecular complexity index is 2070. The lowest BCUT2D eigenvalue weighted by atomic mass is 9.48. The van der Waals surface area contributed by atoms with Crippen LogP contribution in [0.4, 0.5) is 23.5 Å². The van der Waals surface area contributed by atoms with Crippen molar-refractivity contribution in [2.75, 3.05) is 31.2 Å². The summed E-state index contributed by atoms with van der Waals surface area (Å²) in [6, 6.07) is 5.30. The van der Waals surface area contributed by atoms with Crippen LogP contribution >= 0.6 is 0 Å². The fourth-order valence-corrected chi connectivity index (χ4v) is 10.0. The molecule has 2 saturated heterocycles. The number of piperidine rings is 1. The molecule has 2 N–H and O–H groups in total. The molecule has 1 atom stereocenters. The second-order valence-electron chi connectivity index (χ2n) is 15.5. The quantitative estimate of drug-likeness (QED) is 0.204. The van der Waals surface area contributed by atoms with Crippen molar-refractivity contribution in [3.63, 3.8) is 0 Å². The number of rotatable bonds is 8. The number of fused-ring (bicyclic) bond motifs is 1. The smallest absolute Gasteiger partial charge is 0.434 e. The second-order valence-corrected chi connectivity index (χ2v) is 15.5. The van der Waals surface area contributed by atoms with Crippen LogP contribution in [0.1, 0.15) is 73.5 Å². The van der Waals surface area contributed by atoms with E-state index in [-0.39, 0.29) is 29.8 Å². The van der Waals surface area contributed by atoms with Gasteiger partial charge in [0, 0.05) is 61.9 Å². The largest absolute Gasteiger partial charge is 0.490 e. The van der Waals surface area contributed by atoms with Crippen LogP contribution in [0.25, 0.3) is 22.3 Å². The zero-order chi connectivity index (χ0) is 37.4. The summed E-state index contributed by atoms with van der Waals surface area (Å²) in [5, 5.41) is 13.7. The molecule has 0 radical (unpaired) electrons. The molecule has 54 heavy (non-hydrogen) atoms. The lowest BCUT2D eigenvalue weighted by Gasteiger charge is -2.59. The number of ether oxygens (including phenoxy) is 2. The van der Waals surface area contributed by atoms with Crippen LogP contribution in [-0.4, -0.2) is 79.4 Å². The minimum atomic E-state index is -5.03. The first-order valence-electron chi connectivity index (χ1n) is 18.6. The van der Waals surface area contributed by atoms with Crippen LogP contribution in [0.15, 0.2) is 43.0 Å². The molecule has 4 aromatic rings. The van der Waals surface area contributed by atoms with E-state index in [0.29, 0.717) is 111 Å². The van der Waals surface area contributed by atoms with Gasteiger partial charge in [0.05, 0.1) is 36.1 Å². The molecule has 12 nitrogen and oxygen atoms in total. The number of aliphatic carboxylic acids is 1. The fraction of sp³-hybridized carbons (Fsp3) is 0.526. The highest BCUT2D eigenvalue weighted by Crippen LogP contribution is 2.58. The van der Waals surface area contributed by atoms with Crippen LogP contribution in [0.5, 0.6) is 5.75 Å². The van der Waals surface area contributed by atoms with E-state index in [1.807, 2.05) is 15.5 Å². The molecule has 6 fully saturated rings. The number of hydrogen-bond donors (Lipinski definition) is 2. The molecular formula is C38H39F4N7O5. The standard InChI is InChI=1S/C38H39F4N7O5/c39-24-15-44-36(45-16-24)48-6-3-26(4-7-48)54-27-1-2-28-30(18-49(31(28)14-27)25-5-8-53-19-25)33-43-17-29(32(46-33)38(40,41)42)34(50)47-37(35(51)52)22-10-20-9-21(12-22)13-23(37)11-20/h1-2,14-18,20-23,25-26H,3-13,19H2,(H,47,50)(H,51,52). The molecule has 4 aliphatic carbocycles. The van der Waals surface area contributed by atoms with E-state index in [1.54, 1.807) is 18.3 Å². The van der Waals surface area contributed by atoms with Crippen molar-refractivity contribution in [3.05, 3.63) is 60.1 Å². The number of nitrogens with one attached hydrogen (secondary N) is 1. The maximum atomic E-state index is 14.8. The van der Waals surface area contributed by atoms with E-state index in [9.17, 15) is 32.3 Å². The summed E-state index contributed by atoms with van der Waals surface area (Å²) < 4.78 is 71.6. The van der Waals surface area contributed by atoms with Crippen LogP contribution in [-0.2, 0) is 15.7 Å². The highest BCUT2D eigenvalue weighted by atomic mass is 19.4. The van der Waals surface area contributed by atoms with Crippen molar-refractivity contribution in [3.8, 4) is 17.1 Å². The first kappa shape index (κ1) is 34.9. The Morgan fingerprint density at radius 2 is 1.67 bits per heavy atom. The Morgan fingerprint density at radius 1 is 0.963 bits per heavy atom. The average Bonchev–Trinajstić information content (AvgIpc) is 3.81. The number of carboxylic acid groups (broad SMARTS) is 1. The summed E-state index contributed by atoms with van der Waals surface area (Å²) in [7, 11) is 0. The van der Waals surface area contributed by atoms with Gasteiger partial charge < -0.3 is 29.4 Å². The number of amides is 1. The van der Waals surface area contributed by atoms with Gasteiger partial charge in [0.25, 0.3) is 5.91 Å². The molecular weight excluding hydrogens is 710 g/mol. The summed E-state index contributed by atoms with van der Waals surface area (Å²) >= 11 is 0. The third kappa shape index (κ3) is 6.02. The summed E-state index contributed by atoms with van der Waals surface area (Å²) in [4.78, 5) is 45.0. The first-order chi connectivity index (χ1) is 26.0. The van der Waals surface area contributed by atoms with Gasteiger partial charge in [-0.3, -0.25) is 4.79 Å². The number of halogens is 4. The minimum absolute atomic E-state index is 0.0872. The summed E-state index contributed by atoms with van der Waals surface area (Å²) in [5.74, 6) is -1.92. The number of carbonyl (C=O) groups is 2. The SMILES string of the molecule is O=C(NC1(C(=O)O)C2CC3CC(C2)CC1C3)c1cnc(-c2cn(C3CCOC3)c3cc(OC4CCN(c5ncc(F)cn5)CC4)ccc23)nc1C(F)(F)F. The number of carboxylic acids is 1. The monoisotopic (exact) mass is 749 g/mol. The minimum Gasteiger partial charge on any atom is -0.490 e. The van der Waals surface area contributed by atoms with Crippen LogP contribution in [0.3, 0.4) is 0 Å². The lowest BCUT2D eigenvalue weighted by molar-refractivity contribution is -0.163. The van der Waals surface area contributed by atoms with Crippen molar-refractivity contribution in [2.45, 2.75) is 75.2 Å². The van der Waals surface area contributed by atoms with E-state index in [4.69, 9.17) is 9.47 Å². The van der Waals surface area contributed by atoms with Gasteiger partial charge in [-0.2, -0.15) is 13.2 Å². The summed E-state index contributed by atoms with van der Waals surface area (Å²) in [5.41, 5.74) is -2.80. The number of carbonyl (C=O) groups excluding carboxylic acids is 1. The Balaban J connectivity index is 1.01. The van der Waals surface area contributed by atoms with E-state index >= 15 is 0 Å². The van der Waals surface area contributed by atoms with E-state index in [1.165, 1.54) is 0 Å². The highest BCUT2D eigenvalue weighted by molar-refractivity contribution is 6.00. The Morgan fingerprint density at radius 3 is 2.30 bits per heavy atom. The molecule has 284 valence electrons. The average molecular weight is 750 g/mol. The number of alkyl halides is 3. The Hall–Kier alpha value is -4.86. The van der Waals surface area contributed by atoms with E-state index in [2.05, 4.69) is 25.3 Å². The molecule has 4 bridgehead atoms. The van der Waals surface area contributed by atoms with Gasteiger partial charge in [0.15, 0.2) is 17.3 Å². The van der Waals surface area contributed by atoms with E-state index < -0.39 is 40.7 Å². The molecule has 3 aromatic heterocycles. The van der Waals surface area contributed by atoms with Crippen molar-refractivity contribution in [1.82, 2.24) is 29.8 Å². The maximum absolute atomic E-state index is 14.8. The van der Waals surface area contributed by atoms with Gasteiger partial charge >= 0.3 is 12.1 Å². The van der Waals surface area contributed by atoms with Gasteiger partial charge in [-0.25, -0.2) is 29.1 Å². The third-order valence-electron chi connectivity index (χ3n) is 12.4. The molecule has 1 unspecified atom stereocenters. The topological polar surface area (TPSA) is 145 Å². The number of anilines is 1. The molecule has 6 aliphatic rings. The molecule has 0 spiro atoms. The molecule has 1 aromatic carbocycles. The Labute approximate surface area is 307 Å². The molecule has 1 amide bonds. The van der Waals surface area contributed by atoms with E-state index in [0.717, 1.165) is 25.0 Å². The van der Waals surface area contributed by atoms with Crippen molar-refractivity contribution >= 4 is 28.7 Å². The number of hydrogen-bond acceptors (Lipinski definition) is 9. The van der Waals surface area contributed by atoms with Crippen molar-refractivity contribution in [1.29, 1.82) is 0 Å². The van der Waals surface area contributed by atoms with Gasteiger partial charge in [0.2, 0.25) is 5.95 Å². The zero-order valence-corrected chi connectivity index (χ0v) is 29.3. The van der Waals surface area contributed by atoms with Crippen molar-refractivity contribution < 1.29 is 41.7 Å². The zero-order valence-electron chi connectivity index (χ0n) is 29.3. The third-order valence-corrected chi connectivity index (χ3v) is 12.4. The number of nitrogens with zero attached hydrogens (tertiary/aromatic N) is 6. The molecule has 5 heterocycles. The van der Waals surface area contributed by atoms with Gasteiger partial charge in [-0.1, -0.05) is 0 Å². The highest BCUT2D eigenvalue weighted by Gasteiger charge is 2.62. The molecule has 4 saturated carbocycles. The van der Waals surface area contributed by atoms with Gasteiger partial charge in [0.1, 0.15) is 17.4 Å². The normalized spacial score (nSPS) is 28.1. The van der Waals surface area contributed by atoms with Gasteiger partial charge in [-0.05, 0) is 74.3 Å².